The van der Waals surface area contributed by atoms with E-state index in [9.17, 15) is 14.9 Å². The zero-order valence-electron chi connectivity index (χ0n) is 14.2. The van der Waals surface area contributed by atoms with Crippen LogP contribution in [0.2, 0.25) is 0 Å². The molecule has 0 atom stereocenters. The molecule has 0 radical (unpaired) electrons. The van der Waals surface area contributed by atoms with E-state index in [1.54, 1.807) is 30.3 Å². The van der Waals surface area contributed by atoms with Crippen LogP contribution in [0.25, 0.3) is 6.08 Å². The number of thioether (sulfide) groups is 1. The molecule has 26 heavy (non-hydrogen) atoms. The molecule has 1 saturated heterocycles. The van der Waals surface area contributed by atoms with Crippen molar-refractivity contribution in [3.05, 3.63) is 68.7 Å². The Kier molecular flexibility index (Phi) is 5.13. The maximum Gasteiger partial charge on any atom is 0.276 e. The second-order valence-electron chi connectivity index (χ2n) is 5.51. The molecule has 8 heteroatoms. The molecular weight excluding hydrogens is 352 g/mol. The quantitative estimate of drug-likeness (QED) is 0.463. The van der Waals surface area contributed by atoms with Gasteiger partial charge in [0.2, 0.25) is 0 Å². The van der Waals surface area contributed by atoms with Gasteiger partial charge in [-0.2, -0.15) is 0 Å². The van der Waals surface area contributed by atoms with Crippen LogP contribution in [0.5, 0.6) is 0 Å². The number of likely N-dealkylation sites (N-methyl/N-ethyl adjacent to an activating group) is 1. The predicted molar refractivity (Wildman–Crippen MR) is 102 cm³/mol. The third-order valence-corrected chi connectivity index (χ3v) is 4.71. The fourth-order valence-corrected chi connectivity index (χ4v) is 3.52. The molecule has 1 aliphatic heterocycles. The number of aliphatic imine (C=N–C) groups is 1. The van der Waals surface area contributed by atoms with Crippen molar-refractivity contribution in [3.63, 3.8) is 0 Å². The van der Waals surface area contributed by atoms with Gasteiger partial charge in [0, 0.05) is 18.3 Å². The van der Waals surface area contributed by atoms with E-state index in [4.69, 9.17) is 0 Å². The SMILES string of the molecule is CCN1C(=O)/C(=C/c2ccccc2[N+](=O)[O-])S/C1=N/c1cccc(C)n1. The number of pyridine rings is 1. The first-order chi connectivity index (χ1) is 12.5. The second kappa shape index (κ2) is 7.49. The van der Waals surface area contributed by atoms with Crippen molar-refractivity contribution in [1.29, 1.82) is 0 Å². The van der Waals surface area contributed by atoms with Crippen molar-refractivity contribution in [2.75, 3.05) is 6.54 Å². The molecule has 0 bridgehead atoms. The van der Waals surface area contributed by atoms with Crippen LogP contribution in [0, 0.1) is 17.0 Å². The number of aryl methyl sites for hydroxylation is 1. The minimum absolute atomic E-state index is 0.0396. The van der Waals surface area contributed by atoms with Gasteiger partial charge in [0.1, 0.15) is 0 Å². The first kappa shape index (κ1) is 17.8. The second-order valence-corrected chi connectivity index (χ2v) is 6.52. The lowest BCUT2D eigenvalue weighted by atomic mass is 10.1. The van der Waals surface area contributed by atoms with Crippen LogP contribution in [-0.2, 0) is 4.79 Å². The minimum atomic E-state index is -0.459. The number of nitro groups is 1. The number of amidine groups is 1. The molecule has 1 aromatic carbocycles. The Balaban J connectivity index is 1.99. The Morgan fingerprint density at radius 3 is 2.73 bits per heavy atom. The molecule has 2 aromatic rings. The van der Waals surface area contributed by atoms with Gasteiger partial charge in [-0.1, -0.05) is 18.2 Å². The van der Waals surface area contributed by atoms with Gasteiger partial charge in [0.15, 0.2) is 11.0 Å². The summed E-state index contributed by atoms with van der Waals surface area (Å²) in [7, 11) is 0. The number of aromatic nitrogens is 1. The normalized spacial score (nSPS) is 17.3. The summed E-state index contributed by atoms with van der Waals surface area (Å²) in [5, 5.41) is 11.7. The van der Waals surface area contributed by atoms with Crippen LogP contribution < -0.4 is 0 Å². The molecule has 1 amide bonds. The number of nitrogens with zero attached hydrogens (tertiary/aromatic N) is 4. The highest BCUT2D eigenvalue weighted by molar-refractivity contribution is 8.18. The number of carbonyl (C=O) groups excluding carboxylic acids is 1. The molecule has 1 fully saturated rings. The Morgan fingerprint density at radius 2 is 2.04 bits per heavy atom. The van der Waals surface area contributed by atoms with Gasteiger partial charge in [-0.3, -0.25) is 19.8 Å². The molecule has 0 spiro atoms. The minimum Gasteiger partial charge on any atom is -0.287 e. The first-order valence-electron chi connectivity index (χ1n) is 7.96. The van der Waals surface area contributed by atoms with Crippen LogP contribution in [0.3, 0.4) is 0 Å². The van der Waals surface area contributed by atoms with Gasteiger partial charge < -0.3 is 0 Å². The first-order valence-corrected chi connectivity index (χ1v) is 8.78. The average Bonchev–Trinajstić information content (AvgIpc) is 2.90. The van der Waals surface area contributed by atoms with Crippen LogP contribution in [0.15, 0.2) is 52.4 Å². The van der Waals surface area contributed by atoms with Crippen molar-refractivity contribution in [3.8, 4) is 0 Å². The van der Waals surface area contributed by atoms with Crippen molar-refractivity contribution in [2.45, 2.75) is 13.8 Å². The zero-order chi connectivity index (χ0) is 18.7. The highest BCUT2D eigenvalue weighted by atomic mass is 32.2. The summed E-state index contributed by atoms with van der Waals surface area (Å²) in [5.41, 5.74) is 1.18. The fourth-order valence-electron chi connectivity index (χ4n) is 2.48. The van der Waals surface area contributed by atoms with Crippen LogP contribution in [0.4, 0.5) is 11.5 Å². The lowest BCUT2D eigenvalue weighted by Crippen LogP contribution is -2.28. The molecule has 1 aromatic heterocycles. The molecule has 132 valence electrons. The standard InChI is InChI=1S/C18H16N4O3S/c1-3-21-17(23)15(11-13-8-4-5-9-14(13)22(24)25)26-18(21)20-16-10-6-7-12(2)19-16/h4-11H,3H2,1-2H3/b15-11-,20-18+. The fraction of sp³-hybridized carbons (Fsp3) is 0.167. The van der Waals surface area contributed by atoms with E-state index in [1.165, 1.54) is 22.7 Å². The van der Waals surface area contributed by atoms with E-state index >= 15 is 0 Å². The lowest BCUT2D eigenvalue weighted by Gasteiger charge is -2.11. The third kappa shape index (κ3) is 3.65. The van der Waals surface area contributed by atoms with Gasteiger partial charge >= 0.3 is 0 Å². The van der Waals surface area contributed by atoms with E-state index in [0.29, 0.717) is 28.0 Å². The number of hydrogen-bond donors (Lipinski definition) is 0. The Bertz CT molecular complexity index is 940. The molecule has 2 heterocycles. The Labute approximate surface area is 154 Å². The topological polar surface area (TPSA) is 88.7 Å². The predicted octanol–water partition coefficient (Wildman–Crippen LogP) is 3.92. The van der Waals surface area contributed by atoms with Gasteiger partial charge in [-0.15, -0.1) is 0 Å². The summed E-state index contributed by atoms with van der Waals surface area (Å²) in [6, 6.07) is 11.8. The molecule has 7 nitrogen and oxygen atoms in total. The summed E-state index contributed by atoms with van der Waals surface area (Å²) in [6.45, 7) is 4.17. The number of benzene rings is 1. The molecule has 0 aliphatic carbocycles. The number of hydrogen-bond acceptors (Lipinski definition) is 6. The van der Waals surface area contributed by atoms with Crippen molar-refractivity contribution in [2.24, 2.45) is 4.99 Å². The van der Waals surface area contributed by atoms with Crippen molar-refractivity contribution >= 4 is 40.4 Å². The molecule has 0 N–H and O–H groups in total. The number of amides is 1. The van der Waals surface area contributed by atoms with Gasteiger partial charge in [-0.25, -0.2) is 9.98 Å². The monoisotopic (exact) mass is 368 g/mol. The number of carbonyl (C=O) groups is 1. The summed E-state index contributed by atoms with van der Waals surface area (Å²) in [6.07, 6.45) is 1.54. The largest absolute Gasteiger partial charge is 0.287 e. The van der Waals surface area contributed by atoms with Crippen molar-refractivity contribution in [1.82, 2.24) is 9.88 Å². The van der Waals surface area contributed by atoms with Gasteiger partial charge in [-0.05, 0) is 49.9 Å². The summed E-state index contributed by atoms with van der Waals surface area (Å²) < 4.78 is 0. The zero-order valence-corrected chi connectivity index (χ0v) is 15.1. The molecular formula is C18H16N4O3S. The molecule has 3 rings (SSSR count). The van der Waals surface area contributed by atoms with E-state index < -0.39 is 4.92 Å². The number of rotatable bonds is 4. The smallest absolute Gasteiger partial charge is 0.276 e. The summed E-state index contributed by atoms with van der Waals surface area (Å²) in [4.78, 5) is 34.1. The maximum atomic E-state index is 12.7. The number of nitro benzene ring substituents is 1. The average molecular weight is 368 g/mol. The molecule has 1 aliphatic rings. The number of para-hydroxylation sites is 1. The van der Waals surface area contributed by atoms with E-state index in [-0.39, 0.29) is 11.6 Å². The Hall–Kier alpha value is -3.00. The van der Waals surface area contributed by atoms with Gasteiger partial charge in [0.05, 0.1) is 15.4 Å². The third-order valence-electron chi connectivity index (χ3n) is 3.71. The maximum absolute atomic E-state index is 12.7. The van der Waals surface area contributed by atoms with Crippen LogP contribution in [0.1, 0.15) is 18.2 Å². The highest BCUT2D eigenvalue weighted by Gasteiger charge is 2.32. The van der Waals surface area contributed by atoms with E-state index in [0.717, 1.165) is 5.69 Å². The van der Waals surface area contributed by atoms with E-state index in [2.05, 4.69) is 9.98 Å². The summed E-state index contributed by atoms with van der Waals surface area (Å²) in [5.74, 6) is 0.299. The highest BCUT2D eigenvalue weighted by Crippen LogP contribution is 2.35. The lowest BCUT2D eigenvalue weighted by molar-refractivity contribution is -0.385. The van der Waals surface area contributed by atoms with Crippen LogP contribution in [-0.4, -0.2) is 32.4 Å². The van der Waals surface area contributed by atoms with Crippen LogP contribution >= 0.6 is 11.8 Å². The molecule has 0 saturated carbocycles. The summed E-state index contributed by atoms with van der Waals surface area (Å²) >= 11 is 1.19. The van der Waals surface area contributed by atoms with Crippen molar-refractivity contribution < 1.29 is 9.72 Å². The molecule has 0 unspecified atom stereocenters. The van der Waals surface area contributed by atoms with Gasteiger partial charge in [0.25, 0.3) is 11.6 Å². The Morgan fingerprint density at radius 1 is 1.27 bits per heavy atom. The van der Waals surface area contributed by atoms with E-state index in [1.807, 2.05) is 26.0 Å².